The van der Waals surface area contributed by atoms with Crippen LogP contribution in [0.3, 0.4) is 0 Å². The maximum Gasteiger partial charge on any atom is 0.148 e. The van der Waals surface area contributed by atoms with Gasteiger partial charge in [0, 0.05) is 12.4 Å². The number of ether oxygens (including phenoxy) is 2. The number of methoxy groups -OCH3 is 2. The van der Waals surface area contributed by atoms with Crippen molar-refractivity contribution in [3.8, 4) is 17.2 Å². The first-order valence-corrected chi connectivity index (χ1v) is 4.58. The Morgan fingerprint density at radius 2 is 1.73 bits per heavy atom. The van der Waals surface area contributed by atoms with Crippen molar-refractivity contribution in [3.63, 3.8) is 0 Å². The predicted molar refractivity (Wildman–Crippen MR) is 56.7 cm³/mol. The van der Waals surface area contributed by atoms with Crippen LogP contribution in [0.5, 0.6) is 11.5 Å². The summed E-state index contributed by atoms with van der Waals surface area (Å²) in [5, 5.41) is 4.16. The summed E-state index contributed by atoms with van der Waals surface area (Å²) < 4.78 is 12.3. The third-order valence-corrected chi connectivity index (χ3v) is 2.14. The van der Waals surface area contributed by atoms with Gasteiger partial charge in [-0.1, -0.05) is 6.07 Å². The van der Waals surface area contributed by atoms with Gasteiger partial charge in [-0.3, -0.25) is 0 Å². The van der Waals surface area contributed by atoms with Gasteiger partial charge in [-0.05, 0) is 18.2 Å². The summed E-state index contributed by atoms with van der Waals surface area (Å²) in [5.74, 6) is 1.47. The van der Waals surface area contributed by atoms with Gasteiger partial charge in [0.2, 0.25) is 0 Å². The highest BCUT2D eigenvalue weighted by atomic mass is 16.5. The van der Waals surface area contributed by atoms with Crippen molar-refractivity contribution >= 4 is 0 Å². The van der Waals surface area contributed by atoms with Crippen molar-refractivity contribution < 1.29 is 9.47 Å². The molecule has 4 heteroatoms. The molecule has 0 radical (unpaired) electrons. The molecule has 0 spiro atoms. The van der Waals surface area contributed by atoms with E-state index in [0.29, 0.717) is 0 Å². The lowest BCUT2D eigenvalue weighted by molar-refractivity contribution is 0.389. The molecule has 1 heterocycles. The molecule has 0 fully saturated rings. The molecule has 1 aromatic carbocycles. The summed E-state index contributed by atoms with van der Waals surface area (Å²) >= 11 is 0. The Balaban J connectivity index is 2.61. The maximum absolute atomic E-state index is 5.27. The third kappa shape index (κ3) is 1.66. The van der Waals surface area contributed by atoms with Gasteiger partial charge in [-0.15, -0.1) is 0 Å². The first-order chi connectivity index (χ1) is 7.36. The van der Waals surface area contributed by atoms with Crippen LogP contribution in [0.25, 0.3) is 5.69 Å². The quantitative estimate of drug-likeness (QED) is 0.766. The van der Waals surface area contributed by atoms with Crippen molar-refractivity contribution in [1.29, 1.82) is 0 Å². The van der Waals surface area contributed by atoms with Crippen molar-refractivity contribution in [2.75, 3.05) is 14.2 Å². The number of nitrogens with zero attached hydrogens (tertiary/aromatic N) is 2. The molecule has 0 saturated carbocycles. The lowest BCUT2D eigenvalue weighted by Crippen LogP contribution is -2.01. The normalized spacial score (nSPS) is 10.0. The molecule has 1 aromatic heterocycles. The van der Waals surface area contributed by atoms with Crippen LogP contribution in [-0.2, 0) is 0 Å². The van der Waals surface area contributed by atoms with E-state index in [1.54, 1.807) is 25.1 Å². The van der Waals surface area contributed by atoms with Gasteiger partial charge in [0.1, 0.15) is 17.2 Å². The Labute approximate surface area is 88.1 Å². The standard InChI is InChI=1S/C11H12N2O2/c1-14-9-5-3-6-10(15-2)11(9)13-8-4-7-12-13/h3-8H,1-2H3. The SMILES string of the molecule is COc1cccc(OC)c1-n1cccn1. The molecule has 0 aliphatic heterocycles. The van der Waals surface area contributed by atoms with E-state index in [2.05, 4.69) is 5.10 Å². The molecule has 0 N–H and O–H groups in total. The molecule has 2 rings (SSSR count). The highest BCUT2D eigenvalue weighted by molar-refractivity contribution is 5.56. The summed E-state index contributed by atoms with van der Waals surface area (Å²) in [6.45, 7) is 0. The first kappa shape index (κ1) is 9.58. The second kappa shape index (κ2) is 4.04. The largest absolute Gasteiger partial charge is 0.494 e. The topological polar surface area (TPSA) is 36.3 Å². The summed E-state index contributed by atoms with van der Waals surface area (Å²) in [6.07, 6.45) is 3.56. The second-order valence-electron chi connectivity index (χ2n) is 2.96. The minimum atomic E-state index is 0.734. The molecule has 78 valence electrons. The van der Waals surface area contributed by atoms with E-state index in [4.69, 9.17) is 9.47 Å². The lowest BCUT2D eigenvalue weighted by Gasteiger charge is -2.12. The van der Waals surface area contributed by atoms with Crippen molar-refractivity contribution in [1.82, 2.24) is 9.78 Å². The van der Waals surface area contributed by atoms with E-state index in [0.717, 1.165) is 17.2 Å². The molecule has 2 aromatic rings. The molecule has 0 unspecified atom stereocenters. The highest BCUT2D eigenvalue weighted by Gasteiger charge is 2.11. The zero-order valence-corrected chi connectivity index (χ0v) is 8.68. The lowest BCUT2D eigenvalue weighted by atomic mass is 10.2. The van der Waals surface area contributed by atoms with Gasteiger partial charge in [0.25, 0.3) is 0 Å². The number of rotatable bonds is 3. The average molecular weight is 204 g/mol. The molecule has 4 nitrogen and oxygen atoms in total. The second-order valence-corrected chi connectivity index (χ2v) is 2.96. The van der Waals surface area contributed by atoms with Crippen molar-refractivity contribution in [2.45, 2.75) is 0 Å². The van der Waals surface area contributed by atoms with E-state index in [1.807, 2.05) is 30.5 Å². The van der Waals surface area contributed by atoms with Crippen molar-refractivity contribution in [3.05, 3.63) is 36.7 Å². The van der Waals surface area contributed by atoms with E-state index in [-0.39, 0.29) is 0 Å². The Morgan fingerprint density at radius 1 is 1.07 bits per heavy atom. The molecular weight excluding hydrogens is 192 g/mol. The smallest absolute Gasteiger partial charge is 0.148 e. The van der Waals surface area contributed by atoms with Gasteiger partial charge < -0.3 is 9.47 Å². The van der Waals surface area contributed by atoms with Crippen LogP contribution in [0.4, 0.5) is 0 Å². The van der Waals surface area contributed by atoms with E-state index in [1.165, 1.54) is 0 Å². The fourth-order valence-electron chi connectivity index (χ4n) is 1.46. The zero-order valence-electron chi connectivity index (χ0n) is 8.68. The Hall–Kier alpha value is -1.97. The molecule has 0 aliphatic rings. The Kier molecular flexibility index (Phi) is 2.58. The Bertz CT molecular complexity index is 416. The molecule has 0 amide bonds. The minimum absolute atomic E-state index is 0.734. The summed E-state index contributed by atoms with van der Waals surface area (Å²) in [7, 11) is 3.25. The molecule has 0 saturated heterocycles. The number of benzene rings is 1. The van der Waals surface area contributed by atoms with E-state index in [9.17, 15) is 0 Å². The number of hydrogen-bond donors (Lipinski definition) is 0. The van der Waals surface area contributed by atoms with Crippen LogP contribution in [0.1, 0.15) is 0 Å². The molecule has 15 heavy (non-hydrogen) atoms. The molecule has 0 atom stereocenters. The highest BCUT2D eigenvalue weighted by Crippen LogP contribution is 2.31. The monoisotopic (exact) mass is 204 g/mol. The van der Waals surface area contributed by atoms with Gasteiger partial charge in [-0.2, -0.15) is 5.10 Å². The van der Waals surface area contributed by atoms with Crippen LogP contribution in [0, 0.1) is 0 Å². The third-order valence-electron chi connectivity index (χ3n) is 2.14. The summed E-state index contributed by atoms with van der Waals surface area (Å²) in [4.78, 5) is 0. The maximum atomic E-state index is 5.27. The fraction of sp³-hybridized carbons (Fsp3) is 0.182. The number of hydrogen-bond acceptors (Lipinski definition) is 3. The average Bonchev–Trinajstić information content (AvgIpc) is 2.81. The first-order valence-electron chi connectivity index (χ1n) is 4.58. The Morgan fingerprint density at radius 3 is 2.20 bits per heavy atom. The van der Waals surface area contributed by atoms with Crippen LogP contribution in [0.2, 0.25) is 0 Å². The van der Waals surface area contributed by atoms with Gasteiger partial charge >= 0.3 is 0 Å². The van der Waals surface area contributed by atoms with Crippen LogP contribution >= 0.6 is 0 Å². The van der Waals surface area contributed by atoms with Crippen molar-refractivity contribution in [2.24, 2.45) is 0 Å². The number of aromatic nitrogens is 2. The number of para-hydroxylation sites is 1. The molecular formula is C11H12N2O2. The summed E-state index contributed by atoms with van der Waals surface area (Å²) in [5.41, 5.74) is 0.812. The molecule has 0 aliphatic carbocycles. The van der Waals surface area contributed by atoms with Crippen LogP contribution in [-0.4, -0.2) is 24.0 Å². The van der Waals surface area contributed by atoms with Gasteiger partial charge in [-0.25, -0.2) is 4.68 Å². The minimum Gasteiger partial charge on any atom is -0.494 e. The van der Waals surface area contributed by atoms with E-state index >= 15 is 0 Å². The fourth-order valence-corrected chi connectivity index (χ4v) is 1.46. The molecule has 0 bridgehead atoms. The van der Waals surface area contributed by atoms with Gasteiger partial charge in [0.15, 0.2) is 0 Å². The van der Waals surface area contributed by atoms with Crippen LogP contribution < -0.4 is 9.47 Å². The van der Waals surface area contributed by atoms with Crippen LogP contribution in [0.15, 0.2) is 36.7 Å². The zero-order chi connectivity index (χ0) is 10.7. The summed E-state index contributed by atoms with van der Waals surface area (Å²) in [6, 6.07) is 7.48. The van der Waals surface area contributed by atoms with E-state index < -0.39 is 0 Å². The predicted octanol–water partition coefficient (Wildman–Crippen LogP) is 1.89. The van der Waals surface area contributed by atoms with Gasteiger partial charge in [0.05, 0.1) is 14.2 Å².